The number of esters is 1. The standard InChI is InChI=1S/C10H12N4O2/c1-11-7-14(12-2)9-5-4-8(6-13-9)10(15)16-3/h4-7H,2H2,1,3H3. The molecule has 0 fully saturated rings. The van der Waals surface area contributed by atoms with Gasteiger partial charge in [0.05, 0.1) is 12.7 Å². The van der Waals surface area contributed by atoms with E-state index in [0.29, 0.717) is 11.4 Å². The van der Waals surface area contributed by atoms with E-state index in [2.05, 4.69) is 26.5 Å². The van der Waals surface area contributed by atoms with Gasteiger partial charge in [0.25, 0.3) is 0 Å². The van der Waals surface area contributed by atoms with Crippen LogP contribution < -0.4 is 5.01 Å². The van der Waals surface area contributed by atoms with E-state index in [4.69, 9.17) is 0 Å². The molecule has 0 aliphatic carbocycles. The van der Waals surface area contributed by atoms with Crippen molar-refractivity contribution in [3.8, 4) is 0 Å². The van der Waals surface area contributed by atoms with Gasteiger partial charge in [-0.3, -0.25) is 4.99 Å². The van der Waals surface area contributed by atoms with Crippen molar-refractivity contribution in [1.29, 1.82) is 0 Å². The number of hydrogen-bond donors (Lipinski definition) is 0. The Balaban J connectivity index is 2.93. The molecule has 0 N–H and O–H groups in total. The van der Waals surface area contributed by atoms with Gasteiger partial charge in [-0.25, -0.2) is 14.8 Å². The molecule has 0 saturated heterocycles. The normalized spacial score (nSPS) is 10.1. The fourth-order valence-electron chi connectivity index (χ4n) is 1.04. The van der Waals surface area contributed by atoms with Crippen molar-refractivity contribution >= 4 is 24.8 Å². The maximum absolute atomic E-state index is 11.2. The summed E-state index contributed by atoms with van der Waals surface area (Å²) in [6.45, 7) is 3.38. The second-order valence-electron chi connectivity index (χ2n) is 2.76. The third kappa shape index (κ3) is 2.63. The molecule has 0 saturated carbocycles. The Morgan fingerprint density at radius 2 is 2.38 bits per heavy atom. The van der Waals surface area contributed by atoms with Gasteiger partial charge >= 0.3 is 5.97 Å². The Bertz CT molecular complexity index is 400. The van der Waals surface area contributed by atoms with Crippen molar-refractivity contribution in [2.24, 2.45) is 10.1 Å². The van der Waals surface area contributed by atoms with Gasteiger partial charge in [0.1, 0.15) is 6.34 Å². The van der Waals surface area contributed by atoms with E-state index in [-0.39, 0.29) is 0 Å². The van der Waals surface area contributed by atoms with Crippen LogP contribution >= 0.6 is 0 Å². The summed E-state index contributed by atoms with van der Waals surface area (Å²) in [5.74, 6) is 0.0922. The fraction of sp³-hybridized carbons (Fsp3) is 0.200. The summed E-state index contributed by atoms with van der Waals surface area (Å²) in [5, 5.41) is 5.09. The number of anilines is 1. The van der Waals surface area contributed by atoms with Gasteiger partial charge in [0.15, 0.2) is 5.82 Å². The Morgan fingerprint density at radius 1 is 1.62 bits per heavy atom. The van der Waals surface area contributed by atoms with Crippen LogP contribution in [0.15, 0.2) is 28.4 Å². The SMILES string of the molecule is C=NN(C=NC)c1ccc(C(=O)OC)cn1. The predicted octanol–water partition coefficient (Wildman–Crippen LogP) is 0.948. The lowest BCUT2D eigenvalue weighted by Gasteiger charge is -2.10. The van der Waals surface area contributed by atoms with E-state index in [0.717, 1.165) is 0 Å². The Hall–Kier alpha value is -2.24. The monoisotopic (exact) mass is 220 g/mol. The first-order valence-electron chi connectivity index (χ1n) is 4.45. The molecule has 6 heteroatoms. The van der Waals surface area contributed by atoms with Crippen LogP contribution in [0, 0.1) is 0 Å². The maximum Gasteiger partial charge on any atom is 0.339 e. The Morgan fingerprint density at radius 3 is 2.81 bits per heavy atom. The number of methoxy groups -OCH3 is 1. The van der Waals surface area contributed by atoms with Gasteiger partial charge in [-0.15, -0.1) is 0 Å². The lowest BCUT2D eigenvalue weighted by atomic mass is 10.3. The van der Waals surface area contributed by atoms with Gasteiger partial charge in [0.2, 0.25) is 0 Å². The van der Waals surface area contributed by atoms with Crippen LogP contribution in [-0.4, -0.2) is 38.2 Å². The van der Waals surface area contributed by atoms with Crippen molar-refractivity contribution in [3.63, 3.8) is 0 Å². The number of aromatic nitrogens is 1. The summed E-state index contributed by atoms with van der Waals surface area (Å²) >= 11 is 0. The number of rotatable bonds is 4. The van der Waals surface area contributed by atoms with Crippen LogP contribution in [0.1, 0.15) is 10.4 Å². The summed E-state index contributed by atoms with van der Waals surface area (Å²) in [6, 6.07) is 3.22. The molecule has 1 rings (SSSR count). The second kappa shape index (κ2) is 5.59. The Labute approximate surface area is 93.3 Å². The van der Waals surface area contributed by atoms with Crippen molar-refractivity contribution in [2.45, 2.75) is 0 Å². The molecule has 84 valence electrons. The molecule has 0 aliphatic rings. The average Bonchev–Trinajstić information content (AvgIpc) is 2.35. The molecular formula is C10H12N4O2. The maximum atomic E-state index is 11.2. The van der Waals surface area contributed by atoms with Crippen LogP contribution in [0.25, 0.3) is 0 Å². The molecule has 16 heavy (non-hydrogen) atoms. The zero-order chi connectivity index (χ0) is 12.0. The van der Waals surface area contributed by atoms with Crippen LogP contribution in [0.4, 0.5) is 5.82 Å². The smallest absolute Gasteiger partial charge is 0.339 e. The zero-order valence-corrected chi connectivity index (χ0v) is 9.12. The number of carbonyl (C=O) groups is 1. The van der Waals surface area contributed by atoms with Gasteiger partial charge < -0.3 is 4.74 Å². The quantitative estimate of drug-likeness (QED) is 0.328. The minimum atomic E-state index is -0.429. The number of nitrogens with zero attached hydrogens (tertiary/aromatic N) is 4. The Kier molecular flexibility index (Phi) is 4.14. The lowest BCUT2D eigenvalue weighted by Crippen LogP contribution is -2.14. The van der Waals surface area contributed by atoms with E-state index in [1.807, 2.05) is 0 Å². The molecule has 0 unspecified atom stereocenters. The number of ether oxygens (including phenoxy) is 1. The van der Waals surface area contributed by atoms with Crippen LogP contribution in [0.5, 0.6) is 0 Å². The molecule has 0 aromatic carbocycles. The molecule has 0 spiro atoms. The zero-order valence-electron chi connectivity index (χ0n) is 9.12. The molecular weight excluding hydrogens is 208 g/mol. The van der Waals surface area contributed by atoms with Crippen LogP contribution in [-0.2, 0) is 4.74 Å². The van der Waals surface area contributed by atoms with Gasteiger partial charge in [-0.1, -0.05) is 0 Å². The third-order valence-electron chi connectivity index (χ3n) is 1.78. The highest BCUT2D eigenvalue weighted by atomic mass is 16.5. The molecule has 0 amide bonds. The summed E-state index contributed by atoms with van der Waals surface area (Å²) in [4.78, 5) is 19.0. The second-order valence-corrected chi connectivity index (χ2v) is 2.76. The van der Waals surface area contributed by atoms with Crippen molar-refractivity contribution < 1.29 is 9.53 Å². The number of hydrazone groups is 1. The van der Waals surface area contributed by atoms with Crippen LogP contribution in [0.2, 0.25) is 0 Å². The predicted molar refractivity (Wildman–Crippen MR) is 62.0 cm³/mol. The summed E-state index contributed by atoms with van der Waals surface area (Å²) in [6.07, 6.45) is 2.87. The van der Waals surface area contributed by atoms with E-state index >= 15 is 0 Å². The highest BCUT2D eigenvalue weighted by Gasteiger charge is 2.07. The van der Waals surface area contributed by atoms with E-state index in [1.165, 1.54) is 24.7 Å². The molecule has 1 aromatic rings. The first-order chi connectivity index (χ1) is 7.72. The minimum Gasteiger partial charge on any atom is -0.465 e. The minimum absolute atomic E-state index is 0.378. The molecule has 0 aliphatic heterocycles. The number of aliphatic imine (C=N–C) groups is 1. The van der Waals surface area contributed by atoms with E-state index < -0.39 is 5.97 Å². The van der Waals surface area contributed by atoms with Crippen molar-refractivity contribution in [2.75, 3.05) is 19.2 Å². The molecule has 0 bridgehead atoms. The first kappa shape index (κ1) is 11.8. The van der Waals surface area contributed by atoms with E-state index in [1.54, 1.807) is 19.2 Å². The van der Waals surface area contributed by atoms with Gasteiger partial charge in [-0.05, 0) is 12.1 Å². The lowest BCUT2D eigenvalue weighted by molar-refractivity contribution is 0.0600. The summed E-state index contributed by atoms with van der Waals surface area (Å²) in [7, 11) is 2.93. The topological polar surface area (TPSA) is 67.2 Å². The summed E-state index contributed by atoms with van der Waals surface area (Å²) in [5.41, 5.74) is 0.378. The molecule has 0 atom stereocenters. The number of pyridine rings is 1. The molecule has 6 nitrogen and oxygen atoms in total. The van der Waals surface area contributed by atoms with Crippen molar-refractivity contribution in [1.82, 2.24) is 4.98 Å². The van der Waals surface area contributed by atoms with Gasteiger partial charge in [-0.2, -0.15) is 5.10 Å². The highest BCUT2D eigenvalue weighted by Crippen LogP contribution is 2.10. The molecule has 1 heterocycles. The van der Waals surface area contributed by atoms with Crippen molar-refractivity contribution in [3.05, 3.63) is 23.9 Å². The number of hydrogen-bond acceptors (Lipinski definition) is 5. The first-order valence-corrected chi connectivity index (χ1v) is 4.45. The van der Waals surface area contributed by atoms with E-state index in [9.17, 15) is 4.79 Å². The highest BCUT2D eigenvalue weighted by molar-refractivity contribution is 5.89. The molecule has 0 radical (unpaired) electrons. The summed E-state index contributed by atoms with van der Waals surface area (Å²) < 4.78 is 4.56. The third-order valence-corrected chi connectivity index (χ3v) is 1.78. The van der Waals surface area contributed by atoms with Gasteiger partial charge in [0, 0.05) is 20.0 Å². The largest absolute Gasteiger partial charge is 0.465 e. The average molecular weight is 220 g/mol. The fourth-order valence-corrected chi connectivity index (χ4v) is 1.04. The number of carbonyl (C=O) groups excluding carboxylic acids is 1. The molecule has 1 aromatic heterocycles. The van der Waals surface area contributed by atoms with Crippen LogP contribution in [0.3, 0.4) is 0 Å².